The number of carboxylic acids is 1. The molecule has 3 aromatic rings. The van der Waals surface area contributed by atoms with Crippen molar-refractivity contribution in [3.63, 3.8) is 0 Å². The molecule has 0 unspecified atom stereocenters. The Kier molecular flexibility index (Phi) is 5.57. The van der Waals surface area contributed by atoms with E-state index < -0.39 is 12.1 Å². The highest BCUT2D eigenvalue weighted by Crippen LogP contribution is 2.44. The minimum atomic E-state index is -1.00. The molecule has 4 rings (SSSR count). The molecule has 0 aliphatic heterocycles. The molecule has 0 saturated heterocycles. The highest BCUT2D eigenvalue weighted by molar-refractivity contribution is 5.88. The first-order chi connectivity index (χ1) is 14.5. The van der Waals surface area contributed by atoms with Gasteiger partial charge in [-0.2, -0.15) is 0 Å². The van der Waals surface area contributed by atoms with Crippen LogP contribution >= 0.6 is 0 Å². The second kappa shape index (κ2) is 8.45. The molecule has 1 aliphatic carbocycles. The van der Waals surface area contributed by atoms with Crippen LogP contribution in [0.3, 0.4) is 0 Å². The smallest absolute Gasteiger partial charge is 0.407 e. The maximum absolute atomic E-state index is 12.1. The molecule has 0 fully saturated rings. The molecular formula is C24H23NO5. The second-order valence-electron chi connectivity index (χ2n) is 7.34. The predicted octanol–water partition coefficient (Wildman–Crippen LogP) is 4.76. The van der Waals surface area contributed by atoms with Gasteiger partial charge in [0.05, 0.1) is 0 Å². The van der Waals surface area contributed by atoms with Gasteiger partial charge in [0, 0.05) is 18.9 Å². The van der Waals surface area contributed by atoms with Gasteiger partial charge in [-0.05, 0) is 41.7 Å². The van der Waals surface area contributed by atoms with Crippen LogP contribution in [-0.4, -0.2) is 30.3 Å². The number of rotatable bonds is 7. The first kappa shape index (κ1) is 19.8. The van der Waals surface area contributed by atoms with E-state index in [1.807, 2.05) is 24.3 Å². The SMILES string of the molecule is Cc1oc(CCCNC(=O)OCC2c3ccccc3-c3ccccc32)cc1C(=O)O. The molecule has 154 valence electrons. The van der Waals surface area contributed by atoms with Gasteiger partial charge in [-0.15, -0.1) is 0 Å². The topological polar surface area (TPSA) is 88.8 Å². The first-order valence-electron chi connectivity index (χ1n) is 9.96. The van der Waals surface area contributed by atoms with Gasteiger partial charge in [0.1, 0.15) is 23.7 Å². The number of hydrogen-bond acceptors (Lipinski definition) is 4. The summed E-state index contributed by atoms with van der Waals surface area (Å²) in [6, 6.07) is 17.9. The van der Waals surface area contributed by atoms with Gasteiger partial charge in [-0.3, -0.25) is 0 Å². The van der Waals surface area contributed by atoms with Crippen molar-refractivity contribution in [3.8, 4) is 11.1 Å². The summed E-state index contributed by atoms with van der Waals surface area (Å²) in [5.41, 5.74) is 4.91. The summed E-state index contributed by atoms with van der Waals surface area (Å²) in [5.74, 6) is 0.0178. The highest BCUT2D eigenvalue weighted by Gasteiger charge is 2.28. The quantitative estimate of drug-likeness (QED) is 0.554. The molecule has 2 N–H and O–H groups in total. The lowest BCUT2D eigenvalue weighted by Crippen LogP contribution is -2.27. The summed E-state index contributed by atoms with van der Waals surface area (Å²) >= 11 is 0. The molecule has 1 aliphatic rings. The van der Waals surface area contributed by atoms with Gasteiger partial charge in [0.2, 0.25) is 0 Å². The third-order valence-electron chi connectivity index (χ3n) is 5.41. The van der Waals surface area contributed by atoms with Crippen LogP contribution in [0, 0.1) is 6.92 Å². The van der Waals surface area contributed by atoms with E-state index in [0.29, 0.717) is 30.9 Å². The monoisotopic (exact) mass is 405 g/mol. The van der Waals surface area contributed by atoms with Crippen LogP contribution in [-0.2, 0) is 11.2 Å². The Balaban J connectivity index is 1.27. The molecule has 0 atom stereocenters. The van der Waals surface area contributed by atoms with Crippen LogP contribution in [0.5, 0.6) is 0 Å². The van der Waals surface area contributed by atoms with E-state index in [-0.39, 0.29) is 18.1 Å². The lowest BCUT2D eigenvalue weighted by molar-refractivity contribution is 0.0695. The molecule has 6 nitrogen and oxygen atoms in total. The molecule has 0 saturated carbocycles. The van der Waals surface area contributed by atoms with Crippen molar-refractivity contribution >= 4 is 12.1 Å². The number of hydrogen-bond donors (Lipinski definition) is 2. The average Bonchev–Trinajstić information content (AvgIpc) is 3.27. The summed E-state index contributed by atoms with van der Waals surface area (Å²) in [6.07, 6.45) is 0.701. The molecule has 2 aromatic carbocycles. The number of benzene rings is 2. The molecule has 0 bridgehead atoms. The Morgan fingerprint density at radius 3 is 2.30 bits per heavy atom. The number of alkyl carbamates (subject to hydrolysis) is 1. The number of carboxylic acid groups (broad SMARTS) is 1. The summed E-state index contributed by atoms with van der Waals surface area (Å²) in [7, 11) is 0. The number of aromatic carboxylic acids is 1. The Bertz CT molecular complexity index is 1040. The summed E-state index contributed by atoms with van der Waals surface area (Å²) in [4.78, 5) is 23.2. The van der Waals surface area contributed by atoms with Crippen LogP contribution in [0.2, 0.25) is 0 Å². The molecule has 6 heteroatoms. The fourth-order valence-electron chi connectivity index (χ4n) is 3.98. The summed E-state index contributed by atoms with van der Waals surface area (Å²) in [5, 5.41) is 11.8. The van der Waals surface area contributed by atoms with Crippen molar-refractivity contribution < 1.29 is 23.8 Å². The number of furan rings is 1. The third-order valence-corrected chi connectivity index (χ3v) is 5.41. The number of nitrogens with one attached hydrogen (secondary N) is 1. The maximum atomic E-state index is 12.1. The van der Waals surface area contributed by atoms with E-state index in [4.69, 9.17) is 14.3 Å². The van der Waals surface area contributed by atoms with Crippen molar-refractivity contribution in [2.24, 2.45) is 0 Å². The highest BCUT2D eigenvalue weighted by atomic mass is 16.5. The fourth-order valence-corrected chi connectivity index (χ4v) is 3.98. The zero-order chi connectivity index (χ0) is 21.1. The van der Waals surface area contributed by atoms with E-state index in [2.05, 4.69) is 29.6 Å². The minimum absolute atomic E-state index is 0.0312. The molecule has 1 amide bonds. The van der Waals surface area contributed by atoms with Crippen LogP contribution in [0.4, 0.5) is 4.79 Å². The van der Waals surface area contributed by atoms with Crippen LogP contribution in [0.25, 0.3) is 11.1 Å². The fraction of sp³-hybridized carbons (Fsp3) is 0.250. The zero-order valence-corrected chi connectivity index (χ0v) is 16.7. The summed E-state index contributed by atoms with van der Waals surface area (Å²) in [6.45, 7) is 2.32. The Hall–Kier alpha value is -3.54. The molecule has 1 heterocycles. The standard InChI is InChI=1S/C24H23NO5/c1-15-21(23(26)27)13-16(30-15)7-6-12-25-24(28)29-14-22-19-10-4-2-8-17(19)18-9-3-5-11-20(18)22/h2-5,8-11,13,22H,6-7,12,14H2,1H3,(H,25,28)(H,26,27). The van der Waals surface area contributed by atoms with E-state index in [1.165, 1.54) is 28.3 Å². The predicted molar refractivity (Wildman–Crippen MR) is 112 cm³/mol. The Labute approximate surface area is 174 Å². The number of carbonyl (C=O) groups is 2. The van der Waals surface area contributed by atoms with Gasteiger partial charge in [0.25, 0.3) is 0 Å². The van der Waals surface area contributed by atoms with Crippen LogP contribution in [0.15, 0.2) is 59.0 Å². The van der Waals surface area contributed by atoms with Crippen LogP contribution in [0.1, 0.15) is 45.3 Å². The number of carbonyl (C=O) groups excluding carboxylic acids is 1. The van der Waals surface area contributed by atoms with Gasteiger partial charge < -0.3 is 19.6 Å². The molecule has 0 spiro atoms. The lowest BCUT2D eigenvalue weighted by Gasteiger charge is -2.14. The molecule has 30 heavy (non-hydrogen) atoms. The Morgan fingerprint density at radius 1 is 1.07 bits per heavy atom. The summed E-state index contributed by atoms with van der Waals surface area (Å²) < 4.78 is 10.9. The molecule has 0 radical (unpaired) electrons. The largest absolute Gasteiger partial charge is 0.478 e. The minimum Gasteiger partial charge on any atom is -0.478 e. The van der Waals surface area contributed by atoms with Gasteiger partial charge in [-0.25, -0.2) is 9.59 Å². The zero-order valence-electron chi connectivity index (χ0n) is 16.7. The van der Waals surface area contributed by atoms with E-state index in [0.717, 1.165) is 0 Å². The normalized spacial score (nSPS) is 12.3. The number of fused-ring (bicyclic) bond motifs is 3. The van der Waals surface area contributed by atoms with Gasteiger partial charge >= 0.3 is 12.1 Å². The van der Waals surface area contributed by atoms with Crippen molar-refractivity contribution in [3.05, 3.63) is 82.8 Å². The lowest BCUT2D eigenvalue weighted by atomic mass is 9.98. The Morgan fingerprint density at radius 2 is 1.70 bits per heavy atom. The van der Waals surface area contributed by atoms with E-state index in [1.54, 1.807) is 6.92 Å². The van der Waals surface area contributed by atoms with Crippen molar-refractivity contribution in [2.45, 2.75) is 25.7 Å². The number of ether oxygens (including phenoxy) is 1. The van der Waals surface area contributed by atoms with E-state index in [9.17, 15) is 9.59 Å². The average molecular weight is 405 g/mol. The molecular weight excluding hydrogens is 382 g/mol. The number of amides is 1. The number of aryl methyl sites for hydroxylation is 2. The van der Waals surface area contributed by atoms with Crippen molar-refractivity contribution in [1.82, 2.24) is 5.32 Å². The second-order valence-corrected chi connectivity index (χ2v) is 7.34. The van der Waals surface area contributed by atoms with Crippen molar-refractivity contribution in [2.75, 3.05) is 13.2 Å². The van der Waals surface area contributed by atoms with Crippen molar-refractivity contribution in [1.29, 1.82) is 0 Å². The van der Waals surface area contributed by atoms with E-state index >= 15 is 0 Å². The maximum Gasteiger partial charge on any atom is 0.407 e. The first-order valence-corrected chi connectivity index (χ1v) is 9.96. The molecule has 1 aromatic heterocycles. The van der Waals surface area contributed by atoms with Crippen LogP contribution < -0.4 is 5.32 Å². The third kappa shape index (κ3) is 3.94. The van der Waals surface area contributed by atoms with Gasteiger partial charge in [-0.1, -0.05) is 48.5 Å². The van der Waals surface area contributed by atoms with Gasteiger partial charge in [0.15, 0.2) is 0 Å².